The van der Waals surface area contributed by atoms with Crippen molar-refractivity contribution in [2.45, 2.75) is 27.1 Å². The van der Waals surface area contributed by atoms with Crippen LogP contribution in [0.5, 0.6) is 5.75 Å². The second-order valence-electron chi connectivity index (χ2n) is 6.99. The van der Waals surface area contributed by atoms with Gasteiger partial charge in [-0.2, -0.15) is 9.78 Å². The number of rotatable bonds is 8. The molecule has 2 aromatic carbocycles. The number of benzene rings is 2. The highest BCUT2D eigenvalue weighted by Crippen LogP contribution is 2.16. The maximum absolute atomic E-state index is 5.72. The predicted molar refractivity (Wildman–Crippen MR) is 115 cm³/mol. The van der Waals surface area contributed by atoms with Gasteiger partial charge in [-0.3, -0.25) is 4.57 Å². The average molecular weight is 396 g/mol. The van der Waals surface area contributed by atoms with Gasteiger partial charge in [-0.25, -0.2) is 0 Å². The van der Waals surface area contributed by atoms with Crippen LogP contribution in [-0.2, 0) is 13.2 Å². The molecule has 0 radical (unpaired) electrons. The lowest BCUT2D eigenvalue weighted by Crippen LogP contribution is -3.07. The van der Waals surface area contributed by atoms with Crippen LogP contribution >= 0.6 is 12.2 Å². The minimum atomic E-state index is 0.519. The second kappa shape index (κ2) is 8.99. The molecular weight excluding hydrogens is 368 g/mol. The minimum absolute atomic E-state index is 0.519. The van der Waals surface area contributed by atoms with E-state index in [1.807, 2.05) is 40.4 Å². The molecule has 1 atom stereocenters. The maximum Gasteiger partial charge on any atom is 0.207 e. The van der Waals surface area contributed by atoms with Crippen LogP contribution in [0.3, 0.4) is 0 Å². The second-order valence-corrected chi connectivity index (χ2v) is 7.35. The summed E-state index contributed by atoms with van der Waals surface area (Å²) in [5.74, 6) is 1.76. The van der Waals surface area contributed by atoms with Gasteiger partial charge in [-0.1, -0.05) is 30.9 Å². The first-order valence-corrected chi connectivity index (χ1v) is 9.77. The molecule has 1 unspecified atom stereocenters. The molecule has 146 valence electrons. The Bertz CT molecular complexity index is 1000. The van der Waals surface area contributed by atoms with E-state index in [0.717, 1.165) is 28.6 Å². The minimum Gasteiger partial charge on any atom is -0.490 e. The number of aromatic nitrogens is 3. The Hall–Kier alpha value is -2.70. The van der Waals surface area contributed by atoms with E-state index in [4.69, 9.17) is 17.0 Å². The number of quaternary nitrogens is 1. The van der Waals surface area contributed by atoms with E-state index in [1.165, 1.54) is 16.0 Å². The summed E-state index contributed by atoms with van der Waals surface area (Å²) in [6.45, 7) is 9.85. The van der Waals surface area contributed by atoms with E-state index in [0.29, 0.717) is 13.3 Å². The van der Waals surface area contributed by atoms with Crippen LogP contribution in [-0.4, -0.2) is 28.0 Å². The van der Waals surface area contributed by atoms with E-state index < -0.39 is 0 Å². The molecule has 0 amide bonds. The third-order valence-corrected chi connectivity index (χ3v) is 4.97. The average Bonchev–Trinajstić information content (AvgIpc) is 2.95. The predicted octanol–water partition coefficient (Wildman–Crippen LogP) is 3.26. The van der Waals surface area contributed by atoms with E-state index >= 15 is 0 Å². The lowest BCUT2D eigenvalue weighted by molar-refractivity contribution is -0.917. The van der Waals surface area contributed by atoms with Crippen molar-refractivity contribution in [1.29, 1.82) is 0 Å². The topological polar surface area (TPSA) is 36.4 Å². The SMILES string of the molecule is C=CCOc1ccc(C[NH+](C)Cn2nc(C)n(-c3ccccc3C)c2=S)cc1. The Morgan fingerprint density at radius 3 is 2.54 bits per heavy atom. The molecule has 0 saturated carbocycles. The molecule has 5 nitrogen and oxygen atoms in total. The van der Waals surface area contributed by atoms with Gasteiger partial charge < -0.3 is 9.64 Å². The van der Waals surface area contributed by atoms with Gasteiger partial charge >= 0.3 is 0 Å². The molecule has 28 heavy (non-hydrogen) atoms. The number of nitrogens with zero attached hydrogens (tertiary/aromatic N) is 3. The van der Waals surface area contributed by atoms with Crippen LogP contribution < -0.4 is 9.64 Å². The molecule has 0 spiro atoms. The normalized spacial score (nSPS) is 12.0. The van der Waals surface area contributed by atoms with Gasteiger partial charge in [0.15, 0.2) is 6.67 Å². The molecule has 3 rings (SSSR count). The Labute approximate surface area is 171 Å². The Kier molecular flexibility index (Phi) is 6.44. The number of ether oxygens (including phenoxy) is 1. The van der Waals surface area contributed by atoms with Gasteiger partial charge in [0.2, 0.25) is 4.77 Å². The molecular formula is C22H27N4OS+. The molecule has 1 N–H and O–H groups in total. The zero-order valence-corrected chi connectivity index (χ0v) is 17.5. The molecule has 0 fully saturated rings. The molecule has 1 heterocycles. The summed E-state index contributed by atoms with van der Waals surface area (Å²) in [7, 11) is 2.14. The summed E-state index contributed by atoms with van der Waals surface area (Å²) >= 11 is 5.72. The van der Waals surface area contributed by atoms with Gasteiger partial charge in [-0.05, 0) is 62.0 Å². The highest BCUT2D eigenvalue weighted by molar-refractivity contribution is 7.71. The number of nitrogens with one attached hydrogen (secondary N) is 1. The monoisotopic (exact) mass is 395 g/mol. The molecule has 1 aromatic heterocycles. The standard InChI is InChI=1S/C22H26N4OS/c1-5-14-27-20-12-10-19(11-13-20)15-24(4)16-25-22(28)26(18(3)23-25)21-9-7-6-8-17(21)2/h5-13H,1,14-16H2,2-4H3/p+1. The lowest BCUT2D eigenvalue weighted by Gasteiger charge is -2.14. The van der Waals surface area contributed by atoms with Crippen LogP contribution in [0.25, 0.3) is 5.69 Å². The van der Waals surface area contributed by atoms with Gasteiger partial charge in [0, 0.05) is 5.56 Å². The Morgan fingerprint density at radius 1 is 1.14 bits per heavy atom. The van der Waals surface area contributed by atoms with Gasteiger partial charge in [-0.15, -0.1) is 0 Å². The van der Waals surface area contributed by atoms with Crippen LogP contribution in [0.15, 0.2) is 61.2 Å². The van der Waals surface area contributed by atoms with Crippen molar-refractivity contribution in [1.82, 2.24) is 14.3 Å². The highest BCUT2D eigenvalue weighted by atomic mass is 32.1. The Morgan fingerprint density at radius 2 is 1.86 bits per heavy atom. The van der Waals surface area contributed by atoms with Crippen molar-refractivity contribution < 1.29 is 9.64 Å². The van der Waals surface area contributed by atoms with Crippen LogP contribution in [0, 0.1) is 18.6 Å². The summed E-state index contributed by atoms with van der Waals surface area (Å²) in [5.41, 5.74) is 3.51. The Balaban J connectivity index is 1.72. The van der Waals surface area contributed by atoms with Crippen molar-refractivity contribution >= 4 is 12.2 Å². The highest BCUT2D eigenvalue weighted by Gasteiger charge is 2.13. The van der Waals surface area contributed by atoms with Crippen LogP contribution in [0.2, 0.25) is 0 Å². The van der Waals surface area contributed by atoms with E-state index in [9.17, 15) is 0 Å². The van der Waals surface area contributed by atoms with Crippen molar-refractivity contribution in [3.8, 4) is 11.4 Å². The van der Waals surface area contributed by atoms with Crippen LogP contribution in [0.1, 0.15) is 17.0 Å². The number of para-hydroxylation sites is 1. The first kappa shape index (κ1) is 20.0. The lowest BCUT2D eigenvalue weighted by atomic mass is 10.2. The maximum atomic E-state index is 5.72. The molecule has 6 heteroatoms. The van der Waals surface area contributed by atoms with Gasteiger partial charge in [0.05, 0.1) is 12.7 Å². The number of hydrogen-bond acceptors (Lipinski definition) is 3. The quantitative estimate of drug-likeness (QED) is 0.470. The zero-order valence-electron chi connectivity index (χ0n) is 16.7. The summed E-state index contributed by atoms with van der Waals surface area (Å²) in [6.07, 6.45) is 1.74. The third kappa shape index (κ3) is 4.58. The molecule has 3 aromatic rings. The first-order valence-electron chi connectivity index (χ1n) is 9.36. The fourth-order valence-corrected chi connectivity index (χ4v) is 3.57. The van der Waals surface area contributed by atoms with Crippen molar-refractivity contribution in [3.05, 3.63) is 82.9 Å². The van der Waals surface area contributed by atoms with Crippen molar-refractivity contribution in [2.24, 2.45) is 0 Å². The fraction of sp³-hybridized carbons (Fsp3) is 0.273. The summed E-state index contributed by atoms with van der Waals surface area (Å²) < 4.78 is 10.2. The summed E-state index contributed by atoms with van der Waals surface area (Å²) in [6, 6.07) is 16.4. The fourth-order valence-electron chi connectivity index (χ4n) is 3.23. The van der Waals surface area contributed by atoms with E-state index in [2.05, 4.69) is 49.9 Å². The van der Waals surface area contributed by atoms with E-state index in [-0.39, 0.29) is 0 Å². The molecule has 0 saturated heterocycles. The number of aryl methyl sites for hydroxylation is 2. The summed E-state index contributed by atoms with van der Waals surface area (Å²) in [4.78, 5) is 1.30. The van der Waals surface area contributed by atoms with Gasteiger partial charge in [0.25, 0.3) is 0 Å². The van der Waals surface area contributed by atoms with E-state index in [1.54, 1.807) is 6.08 Å². The third-order valence-electron chi connectivity index (χ3n) is 4.57. The zero-order chi connectivity index (χ0) is 20.1. The molecule has 0 aliphatic carbocycles. The molecule has 0 bridgehead atoms. The molecule has 0 aliphatic heterocycles. The largest absolute Gasteiger partial charge is 0.490 e. The number of hydrogen-bond donors (Lipinski definition) is 1. The van der Waals surface area contributed by atoms with Crippen molar-refractivity contribution in [3.63, 3.8) is 0 Å². The smallest absolute Gasteiger partial charge is 0.207 e. The van der Waals surface area contributed by atoms with Crippen LogP contribution in [0.4, 0.5) is 0 Å². The van der Waals surface area contributed by atoms with Crippen molar-refractivity contribution in [2.75, 3.05) is 13.7 Å². The molecule has 0 aliphatic rings. The first-order chi connectivity index (χ1) is 13.5. The van der Waals surface area contributed by atoms with Gasteiger partial charge in [0.1, 0.15) is 24.7 Å². The summed E-state index contributed by atoms with van der Waals surface area (Å²) in [5, 5.41) is 4.68.